The summed E-state index contributed by atoms with van der Waals surface area (Å²) in [5, 5.41) is 2.99. The van der Waals surface area contributed by atoms with Crippen LogP contribution < -0.4 is 10.1 Å². The smallest absolute Gasteiger partial charge is 0.341 e. The molecule has 0 atom stereocenters. The van der Waals surface area contributed by atoms with Crippen LogP contribution in [0.4, 0.5) is 14.5 Å². The summed E-state index contributed by atoms with van der Waals surface area (Å²) in [6, 6.07) is 10.8. The number of carbonyl (C=O) groups excluding carboxylic acids is 1. The fraction of sp³-hybridized carbons (Fsp3) is 0.133. The van der Waals surface area contributed by atoms with Crippen molar-refractivity contribution >= 4 is 33.0 Å². The number of benzene rings is 2. The van der Waals surface area contributed by atoms with E-state index in [4.69, 9.17) is 16.3 Å². The predicted molar refractivity (Wildman–Crippen MR) is 85.2 cm³/mol. The van der Waals surface area contributed by atoms with Gasteiger partial charge in [0.2, 0.25) is 9.84 Å². The topological polar surface area (TPSA) is 72.5 Å². The molecular weight excluding hydrogens is 364 g/mol. The molecule has 0 saturated carbocycles. The number of nitrogens with one attached hydrogen (secondary N) is 1. The Labute approximate surface area is 142 Å². The molecule has 1 amide bonds. The second kappa shape index (κ2) is 7.59. The first-order valence-corrected chi connectivity index (χ1v) is 8.52. The van der Waals surface area contributed by atoms with E-state index in [1.165, 1.54) is 12.1 Å². The normalized spacial score (nSPS) is 11.3. The van der Waals surface area contributed by atoms with Crippen molar-refractivity contribution < 1.29 is 26.7 Å². The summed E-state index contributed by atoms with van der Waals surface area (Å²) in [4.78, 5) is 11.2. The van der Waals surface area contributed by atoms with Crippen LogP contribution in [0.2, 0.25) is 5.02 Å². The van der Waals surface area contributed by atoms with E-state index >= 15 is 0 Å². The third-order valence-corrected chi connectivity index (χ3v) is 4.54. The minimum absolute atomic E-state index is 0.257. The fourth-order valence-corrected chi connectivity index (χ4v) is 2.55. The van der Waals surface area contributed by atoms with Gasteiger partial charge in [0.15, 0.2) is 6.61 Å². The van der Waals surface area contributed by atoms with Crippen molar-refractivity contribution in [2.45, 2.75) is 10.7 Å². The molecule has 0 aliphatic rings. The third-order valence-electron chi connectivity index (χ3n) is 2.88. The van der Waals surface area contributed by atoms with Crippen LogP contribution in [0.1, 0.15) is 0 Å². The average molecular weight is 376 g/mol. The quantitative estimate of drug-likeness (QED) is 0.840. The highest BCUT2D eigenvalue weighted by atomic mass is 35.5. The molecule has 0 aliphatic carbocycles. The average Bonchev–Trinajstić information content (AvgIpc) is 2.54. The second-order valence-corrected chi connectivity index (χ2v) is 6.98. The van der Waals surface area contributed by atoms with E-state index in [-0.39, 0.29) is 12.3 Å². The number of halogens is 3. The molecule has 0 spiro atoms. The van der Waals surface area contributed by atoms with Gasteiger partial charge < -0.3 is 10.1 Å². The van der Waals surface area contributed by atoms with Crippen LogP contribution in [0.25, 0.3) is 0 Å². The lowest BCUT2D eigenvalue weighted by molar-refractivity contribution is -0.118. The van der Waals surface area contributed by atoms with E-state index in [9.17, 15) is 22.0 Å². The van der Waals surface area contributed by atoms with Crippen LogP contribution in [-0.4, -0.2) is 26.7 Å². The molecular formula is C15H12ClF2NO4S. The van der Waals surface area contributed by atoms with Gasteiger partial charge in [0.05, 0.1) is 4.90 Å². The van der Waals surface area contributed by atoms with Gasteiger partial charge >= 0.3 is 5.76 Å². The minimum Gasteiger partial charge on any atom is -0.484 e. The summed E-state index contributed by atoms with van der Waals surface area (Å²) in [6.45, 7) is -0.279. The summed E-state index contributed by atoms with van der Waals surface area (Å²) in [6.07, 6.45) is 0. The fourth-order valence-electron chi connectivity index (χ4n) is 1.71. The van der Waals surface area contributed by atoms with Crippen molar-refractivity contribution in [3.05, 3.63) is 53.6 Å². The summed E-state index contributed by atoms with van der Waals surface area (Å²) in [7, 11) is -4.65. The Morgan fingerprint density at radius 2 is 1.67 bits per heavy atom. The van der Waals surface area contributed by atoms with Gasteiger partial charge in [-0.25, -0.2) is 8.42 Å². The number of anilines is 1. The molecule has 24 heavy (non-hydrogen) atoms. The van der Waals surface area contributed by atoms with Gasteiger partial charge in [-0.2, -0.15) is 8.78 Å². The zero-order valence-electron chi connectivity index (χ0n) is 12.1. The zero-order chi connectivity index (χ0) is 17.7. The predicted octanol–water partition coefficient (Wildman–Crippen LogP) is 3.35. The molecule has 128 valence electrons. The first-order valence-electron chi connectivity index (χ1n) is 6.59. The lowest BCUT2D eigenvalue weighted by Gasteiger charge is -2.08. The van der Waals surface area contributed by atoms with Crippen LogP contribution in [0.3, 0.4) is 0 Å². The first-order chi connectivity index (χ1) is 11.3. The third kappa shape index (κ3) is 4.65. The molecule has 0 aromatic heterocycles. The van der Waals surface area contributed by atoms with Gasteiger partial charge in [0.25, 0.3) is 5.91 Å². The Kier molecular flexibility index (Phi) is 5.74. The largest absolute Gasteiger partial charge is 0.484 e. The maximum atomic E-state index is 12.4. The van der Waals surface area contributed by atoms with Crippen LogP contribution in [-0.2, 0) is 14.6 Å². The molecule has 0 radical (unpaired) electrons. The molecule has 2 aromatic carbocycles. The van der Waals surface area contributed by atoms with E-state index in [1.54, 1.807) is 24.3 Å². The van der Waals surface area contributed by atoms with Crippen molar-refractivity contribution in [2.24, 2.45) is 0 Å². The van der Waals surface area contributed by atoms with Crippen molar-refractivity contribution in [1.82, 2.24) is 0 Å². The molecule has 1 N–H and O–H groups in total. The minimum atomic E-state index is -4.65. The first kappa shape index (κ1) is 18.2. The Bertz CT molecular complexity index is 808. The lowest BCUT2D eigenvalue weighted by atomic mass is 10.3. The highest BCUT2D eigenvalue weighted by molar-refractivity contribution is 7.91. The monoisotopic (exact) mass is 375 g/mol. The van der Waals surface area contributed by atoms with E-state index in [0.29, 0.717) is 10.8 Å². The number of sulfone groups is 1. The second-order valence-electron chi connectivity index (χ2n) is 4.62. The Balaban J connectivity index is 1.93. The molecule has 0 saturated heterocycles. The molecule has 0 unspecified atom stereocenters. The van der Waals surface area contributed by atoms with E-state index in [1.807, 2.05) is 0 Å². The van der Waals surface area contributed by atoms with Gasteiger partial charge in [-0.1, -0.05) is 11.6 Å². The van der Waals surface area contributed by atoms with Crippen molar-refractivity contribution in [3.8, 4) is 5.75 Å². The Morgan fingerprint density at radius 3 is 2.21 bits per heavy atom. The number of hydrogen-bond donors (Lipinski definition) is 1. The van der Waals surface area contributed by atoms with Crippen molar-refractivity contribution in [3.63, 3.8) is 0 Å². The number of carbonyl (C=O) groups is 1. The van der Waals surface area contributed by atoms with Crippen LogP contribution in [0, 0.1) is 0 Å². The van der Waals surface area contributed by atoms with Gasteiger partial charge in [-0.3, -0.25) is 4.79 Å². The molecule has 2 aromatic rings. The molecule has 0 aliphatic heterocycles. The number of ether oxygens (including phenoxy) is 1. The van der Waals surface area contributed by atoms with E-state index in [2.05, 4.69) is 5.32 Å². The summed E-state index contributed by atoms with van der Waals surface area (Å²) in [5.41, 5.74) is 0.257. The van der Waals surface area contributed by atoms with E-state index in [0.717, 1.165) is 12.1 Å². The SMILES string of the molecule is O=C(COc1ccc(Cl)cc1)Nc1ccc(S(=O)(=O)C(F)F)cc1. The summed E-state index contributed by atoms with van der Waals surface area (Å²) < 4.78 is 52.6. The van der Waals surface area contributed by atoms with E-state index < -0.39 is 26.4 Å². The molecule has 9 heteroatoms. The number of amides is 1. The number of alkyl halides is 2. The molecule has 0 fully saturated rings. The van der Waals surface area contributed by atoms with Gasteiger partial charge in [-0.15, -0.1) is 0 Å². The highest BCUT2D eigenvalue weighted by Crippen LogP contribution is 2.20. The molecule has 5 nitrogen and oxygen atoms in total. The zero-order valence-corrected chi connectivity index (χ0v) is 13.7. The number of rotatable bonds is 6. The molecule has 2 rings (SSSR count). The van der Waals surface area contributed by atoms with Crippen LogP contribution >= 0.6 is 11.6 Å². The maximum absolute atomic E-state index is 12.4. The summed E-state index contributed by atoms with van der Waals surface area (Å²) >= 11 is 5.72. The lowest BCUT2D eigenvalue weighted by Crippen LogP contribution is -2.20. The summed E-state index contributed by atoms with van der Waals surface area (Å²) in [5.74, 6) is -3.53. The maximum Gasteiger partial charge on any atom is 0.341 e. The standard InChI is InChI=1S/C15H12ClF2NO4S/c16-10-1-5-12(6-2-10)23-9-14(20)19-11-3-7-13(8-4-11)24(21,22)15(17)18/h1-8,15H,9H2,(H,19,20). The van der Waals surface area contributed by atoms with Crippen molar-refractivity contribution in [1.29, 1.82) is 0 Å². The van der Waals surface area contributed by atoms with Crippen LogP contribution in [0.15, 0.2) is 53.4 Å². The van der Waals surface area contributed by atoms with Gasteiger partial charge in [0.1, 0.15) is 5.75 Å². The van der Waals surface area contributed by atoms with Crippen LogP contribution in [0.5, 0.6) is 5.75 Å². The highest BCUT2D eigenvalue weighted by Gasteiger charge is 2.26. The Morgan fingerprint density at radius 1 is 1.08 bits per heavy atom. The van der Waals surface area contributed by atoms with Gasteiger partial charge in [-0.05, 0) is 48.5 Å². The number of hydrogen-bond acceptors (Lipinski definition) is 4. The van der Waals surface area contributed by atoms with Crippen molar-refractivity contribution in [2.75, 3.05) is 11.9 Å². The molecule has 0 heterocycles. The Hall–Kier alpha value is -2.19. The molecule has 0 bridgehead atoms. The van der Waals surface area contributed by atoms with Gasteiger partial charge in [0, 0.05) is 10.7 Å².